The maximum atomic E-state index is 11.0. The molecule has 0 aromatic carbocycles. The predicted molar refractivity (Wildman–Crippen MR) is 80.0 cm³/mol. The molecule has 0 amide bonds. The molecule has 0 bridgehead atoms. The van der Waals surface area contributed by atoms with Crippen molar-refractivity contribution in [2.45, 2.75) is 29.8 Å². The molecule has 0 saturated heterocycles. The topological polar surface area (TPSA) is 130 Å². The van der Waals surface area contributed by atoms with Crippen molar-refractivity contribution in [3.05, 3.63) is 6.33 Å². The van der Waals surface area contributed by atoms with Crippen LogP contribution < -0.4 is 5.73 Å². The lowest BCUT2D eigenvalue weighted by Crippen LogP contribution is -2.46. The van der Waals surface area contributed by atoms with Crippen LogP contribution in [0.2, 0.25) is 0 Å². The summed E-state index contributed by atoms with van der Waals surface area (Å²) < 4.78 is 1.47. The fourth-order valence-electron chi connectivity index (χ4n) is 3.73. The largest absolute Gasteiger partial charge is 0.396 e. The van der Waals surface area contributed by atoms with E-state index >= 15 is 0 Å². The first-order chi connectivity index (χ1) is 10.5. The molecule has 4 atom stereocenters. The van der Waals surface area contributed by atoms with Gasteiger partial charge in [0.2, 0.25) is 0 Å². The van der Waals surface area contributed by atoms with Gasteiger partial charge >= 0.3 is 0 Å². The van der Waals surface area contributed by atoms with E-state index in [1.54, 1.807) is 0 Å². The third kappa shape index (κ3) is 1.56. The van der Waals surface area contributed by atoms with Gasteiger partial charge in [0, 0.05) is 11.8 Å². The van der Waals surface area contributed by atoms with Gasteiger partial charge in [-0.1, -0.05) is 11.8 Å². The molecule has 118 valence electrons. The summed E-state index contributed by atoms with van der Waals surface area (Å²) in [6.07, 6.45) is 3.28. The Morgan fingerprint density at radius 2 is 2.23 bits per heavy atom. The molecule has 2 aromatic heterocycles. The van der Waals surface area contributed by atoms with Gasteiger partial charge in [-0.3, -0.25) is 4.57 Å². The number of hydrogen-bond acceptors (Lipinski definition) is 8. The Morgan fingerprint density at radius 1 is 1.45 bits per heavy atom. The minimum Gasteiger partial charge on any atom is -0.396 e. The lowest BCUT2D eigenvalue weighted by atomic mass is 9.96. The maximum absolute atomic E-state index is 11.0. The van der Waals surface area contributed by atoms with Crippen molar-refractivity contribution in [3.63, 3.8) is 0 Å². The first kappa shape index (κ1) is 14.2. The lowest BCUT2D eigenvalue weighted by Gasteiger charge is -2.33. The first-order valence-corrected chi connectivity index (χ1v) is 8.25. The third-order valence-electron chi connectivity index (χ3n) is 5.11. The molecule has 0 spiro atoms. The molecule has 2 fully saturated rings. The number of anilines is 1. The molecule has 2 aliphatic carbocycles. The maximum Gasteiger partial charge on any atom is 0.191 e. The molecule has 22 heavy (non-hydrogen) atoms. The number of imidazole rings is 1. The van der Waals surface area contributed by atoms with Gasteiger partial charge in [0.15, 0.2) is 22.3 Å². The second kappa shape index (κ2) is 4.31. The van der Waals surface area contributed by atoms with Crippen LogP contribution in [0, 0.1) is 11.3 Å². The zero-order valence-electron chi connectivity index (χ0n) is 12.0. The number of nitrogens with two attached hydrogens (primary N) is 1. The van der Waals surface area contributed by atoms with Gasteiger partial charge in [-0.2, -0.15) is 0 Å². The Balaban J connectivity index is 1.87. The molecule has 2 aromatic rings. The van der Waals surface area contributed by atoms with Crippen LogP contribution in [0.5, 0.6) is 0 Å². The highest BCUT2D eigenvalue weighted by Crippen LogP contribution is 2.67. The van der Waals surface area contributed by atoms with Gasteiger partial charge in [-0.05, 0) is 18.6 Å². The minimum absolute atomic E-state index is 0.106. The van der Waals surface area contributed by atoms with E-state index in [1.807, 2.05) is 6.26 Å². The van der Waals surface area contributed by atoms with Crippen molar-refractivity contribution in [1.29, 1.82) is 0 Å². The van der Waals surface area contributed by atoms with E-state index in [-0.39, 0.29) is 18.3 Å². The van der Waals surface area contributed by atoms with Crippen LogP contribution >= 0.6 is 11.8 Å². The van der Waals surface area contributed by atoms with Gasteiger partial charge in [-0.25, -0.2) is 15.0 Å². The summed E-state index contributed by atoms with van der Waals surface area (Å²) >= 11 is 1.34. The summed E-state index contributed by atoms with van der Waals surface area (Å²) in [7, 11) is 0. The van der Waals surface area contributed by atoms with E-state index < -0.39 is 17.2 Å². The summed E-state index contributed by atoms with van der Waals surface area (Å²) in [6, 6.07) is 0. The minimum atomic E-state index is -1.53. The van der Waals surface area contributed by atoms with E-state index in [0.717, 1.165) is 6.42 Å². The van der Waals surface area contributed by atoms with E-state index in [2.05, 4.69) is 15.0 Å². The van der Waals surface area contributed by atoms with Crippen molar-refractivity contribution in [2.75, 3.05) is 18.6 Å². The second-order valence-electron chi connectivity index (χ2n) is 6.16. The summed E-state index contributed by atoms with van der Waals surface area (Å²) in [5.74, 6) is 0.348. The highest BCUT2D eigenvalue weighted by Gasteiger charge is 2.72. The Kier molecular flexibility index (Phi) is 2.78. The van der Waals surface area contributed by atoms with Gasteiger partial charge < -0.3 is 21.1 Å². The van der Waals surface area contributed by atoms with Crippen molar-refractivity contribution >= 4 is 28.7 Å². The number of rotatable bonds is 3. The van der Waals surface area contributed by atoms with Crippen LogP contribution in [0.4, 0.5) is 5.82 Å². The molecule has 0 aliphatic heterocycles. The Hall–Kier alpha value is -1.42. The number of aromatic nitrogens is 4. The van der Waals surface area contributed by atoms with Crippen LogP contribution in [0.15, 0.2) is 11.5 Å². The third-order valence-corrected chi connectivity index (χ3v) is 5.65. The van der Waals surface area contributed by atoms with E-state index in [4.69, 9.17) is 5.73 Å². The van der Waals surface area contributed by atoms with Crippen LogP contribution in [0.3, 0.4) is 0 Å². The summed E-state index contributed by atoms with van der Waals surface area (Å²) in [4.78, 5) is 12.7. The number of hydrogen-bond donors (Lipinski definition) is 4. The highest BCUT2D eigenvalue weighted by atomic mass is 32.2. The van der Waals surface area contributed by atoms with Crippen LogP contribution in [-0.2, 0) is 5.72 Å². The number of aliphatic hydroxyl groups is 3. The molecule has 0 radical (unpaired) electrons. The van der Waals surface area contributed by atoms with Crippen LogP contribution in [0.25, 0.3) is 11.2 Å². The smallest absolute Gasteiger partial charge is 0.191 e. The Labute approximate surface area is 130 Å². The average Bonchev–Trinajstić information content (AvgIpc) is 2.93. The fourth-order valence-corrected chi connectivity index (χ4v) is 4.10. The zero-order chi connectivity index (χ0) is 15.7. The SMILES string of the molecule is CSc1nc(N)c2ncn(C3(O)CC4CC4(CO)C3O)c2n1. The molecule has 9 heteroatoms. The molecule has 2 aliphatic rings. The van der Waals surface area contributed by atoms with Crippen LogP contribution in [0.1, 0.15) is 12.8 Å². The van der Waals surface area contributed by atoms with Gasteiger partial charge in [0.05, 0.1) is 12.9 Å². The van der Waals surface area contributed by atoms with Gasteiger partial charge in [0.1, 0.15) is 11.6 Å². The molecular weight excluding hydrogens is 306 g/mol. The molecule has 8 nitrogen and oxygen atoms in total. The zero-order valence-corrected chi connectivity index (χ0v) is 12.8. The van der Waals surface area contributed by atoms with Crippen LogP contribution in [-0.4, -0.2) is 53.8 Å². The quantitative estimate of drug-likeness (QED) is 0.441. The Bertz CT molecular complexity index is 763. The van der Waals surface area contributed by atoms with Crippen molar-refractivity contribution in [3.8, 4) is 0 Å². The van der Waals surface area contributed by atoms with Crippen molar-refractivity contribution in [1.82, 2.24) is 19.5 Å². The summed E-state index contributed by atoms with van der Waals surface area (Å²) in [5.41, 5.74) is 4.55. The van der Waals surface area contributed by atoms with E-state index in [0.29, 0.717) is 22.7 Å². The molecule has 5 N–H and O–H groups in total. The lowest BCUT2D eigenvalue weighted by molar-refractivity contribution is -0.145. The predicted octanol–water partition coefficient (Wildman–Crippen LogP) is -0.461. The number of nitrogens with zero attached hydrogens (tertiary/aromatic N) is 4. The standard InChI is InChI=1S/C13H17N5O3S/c1-22-11-16-8(14)7-9(17-11)18(5-15-7)13(21)3-6-2-12(6,4-19)10(13)20/h5-6,10,19-21H,2-4H2,1H3,(H2,14,16,17). The first-order valence-electron chi connectivity index (χ1n) is 7.02. The average molecular weight is 323 g/mol. The summed E-state index contributed by atoms with van der Waals surface area (Å²) in [5, 5.41) is 31.7. The van der Waals surface area contributed by atoms with E-state index in [9.17, 15) is 15.3 Å². The fraction of sp³-hybridized carbons (Fsp3) is 0.615. The van der Waals surface area contributed by atoms with Gasteiger partial charge in [0.25, 0.3) is 0 Å². The number of nitrogen functional groups attached to an aromatic ring is 1. The van der Waals surface area contributed by atoms with Crippen molar-refractivity contribution < 1.29 is 15.3 Å². The molecule has 4 rings (SSSR count). The number of aliphatic hydroxyl groups excluding tert-OH is 2. The molecule has 4 unspecified atom stereocenters. The highest BCUT2D eigenvalue weighted by molar-refractivity contribution is 7.98. The number of thioether (sulfide) groups is 1. The monoisotopic (exact) mass is 323 g/mol. The second-order valence-corrected chi connectivity index (χ2v) is 6.93. The Morgan fingerprint density at radius 3 is 2.86 bits per heavy atom. The van der Waals surface area contributed by atoms with E-state index in [1.165, 1.54) is 22.7 Å². The molecule has 2 saturated carbocycles. The van der Waals surface area contributed by atoms with Crippen molar-refractivity contribution in [2.24, 2.45) is 11.3 Å². The number of fused-ring (bicyclic) bond motifs is 2. The van der Waals surface area contributed by atoms with Gasteiger partial charge in [-0.15, -0.1) is 0 Å². The summed E-state index contributed by atoms with van der Waals surface area (Å²) in [6.45, 7) is -0.138. The molecule has 2 heterocycles. The normalized spacial score (nSPS) is 36.7. The molecular formula is C13H17N5O3S.